The maximum atomic E-state index is 13.2. The van der Waals surface area contributed by atoms with Gasteiger partial charge >= 0.3 is 12.1 Å². The van der Waals surface area contributed by atoms with Gasteiger partial charge in [0.05, 0.1) is 32.6 Å². The third-order valence-corrected chi connectivity index (χ3v) is 6.74. The van der Waals surface area contributed by atoms with Crippen molar-refractivity contribution < 1.29 is 33.0 Å². The molecule has 0 aliphatic heterocycles. The van der Waals surface area contributed by atoms with E-state index in [2.05, 4.69) is 4.98 Å². The van der Waals surface area contributed by atoms with Gasteiger partial charge in [-0.1, -0.05) is 30.3 Å². The topological polar surface area (TPSA) is 100 Å². The van der Waals surface area contributed by atoms with Gasteiger partial charge in [-0.25, -0.2) is 14.6 Å². The lowest BCUT2D eigenvalue weighted by atomic mass is 10.1. The summed E-state index contributed by atoms with van der Waals surface area (Å²) in [6.45, 7) is 5.73. The zero-order valence-electron chi connectivity index (χ0n) is 23.8. The van der Waals surface area contributed by atoms with Crippen molar-refractivity contribution in [3.63, 3.8) is 0 Å². The van der Waals surface area contributed by atoms with Crippen LogP contribution >= 0.6 is 0 Å². The molecule has 41 heavy (non-hydrogen) atoms. The SMILES string of the molecule is COC(=O)C(C)N(C(=O)Oc1ccc(OC)cc1)C(C)c1ccc(OCCc2nc(-c3ccccc3)oc2C)cc1. The predicted molar refractivity (Wildman–Crippen MR) is 153 cm³/mol. The number of carbonyl (C=O) groups is 2. The van der Waals surface area contributed by atoms with E-state index in [-0.39, 0.29) is 0 Å². The first-order valence-electron chi connectivity index (χ1n) is 13.3. The van der Waals surface area contributed by atoms with E-state index in [1.54, 1.807) is 38.3 Å². The van der Waals surface area contributed by atoms with Crippen LogP contribution in [0.5, 0.6) is 17.2 Å². The molecule has 214 valence electrons. The Kier molecular flexibility index (Phi) is 9.63. The van der Waals surface area contributed by atoms with Crippen molar-refractivity contribution in [1.82, 2.24) is 9.88 Å². The van der Waals surface area contributed by atoms with E-state index in [0.717, 1.165) is 22.6 Å². The second-order valence-electron chi connectivity index (χ2n) is 9.38. The number of methoxy groups -OCH3 is 2. The monoisotopic (exact) mass is 558 g/mol. The summed E-state index contributed by atoms with van der Waals surface area (Å²) in [5.74, 6) is 2.42. The standard InChI is InChI=1S/C32H34N2O7/c1-21(34(22(2)31(35)38-5)32(36)41-28-17-15-26(37-4)16-18-28)24-11-13-27(14-12-24)39-20-19-29-23(3)40-30(33-29)25-9-7-6-8-10-25/h6-18,21-22H,19-20H2,1-5H3. The molecular formula is C32H34N2O7. The smallest absolute Gasteiger partial charge is 0.416 e. The molecule has 0 N–H and O–H groups in total. The fraction of sp³-hybridized carbons (Fsp3) is 0.281. The summed E-state index contributed by atoms with van der Waals surface area (Å²) in [6, 6.07) is 22.3. The number of rotatable bonds is 11. The highest BCUT2D eigenvalue weighted by molar-refractivity contribution is 5.82. The molecule has 0 saturated carbocycles. The lowest BCUT2D eigenvalue weighted by Gasteiger charge is -2.32. The zero-order chi connectivity index (χ0) is 29.4. The number of benzene rings is 3. The molecule has 9 heteroatoms. The van der Waals surface area contributed by atoms with Crippen LogP contribution < -0.4 is 14.2 Å². The van der Waals surface area contributed by atoms with Crippen molar-refractivity contribution in [2.24, 2.45) is 0 Å². The highest BCUT2D eigenvalue weighted by Gasteiger charge is 2.33. The minimum atomic E-state index is -0.886. The highest BCUT2D eigenvalue weighted by atomic mass is 16.6. The zero-order valence-corrected chi connectivity index (χ0v) is 23.8. The first-order chi connectivity index (χ1) is 19.8. The van der Waals surface area contributed by atoms with Gasteiger partial charge in [0.2, 0.25) is 5.89 Å². The molecule has 3 aromatic carbocycles. The first-order valence-corrected chi connectivity index (χ1v) is 13.3. The molecule has 0 spiro atoms. The van der Waals surface area contributed by atoms with Gasteiger partial charge in [-0.2, -0.15) is 0 Å². The Labute approximate surface area is 239 Å². The van der Waals surface area contributed by atoms with E-state index < -0.39 is 24.1 Å². The summed E-state index contributed by atoms with van der Waals surface area (Å²) in [4.78, 5) is 31.6. The molecule has 0 aliphatic rings. The molecule has 4 rings (SSSR count). The molecule has 1 heterocycles. The number of nitrogens with zero attached hydrogens (tertiary/aromatic N) is 2. The molecule has 4 aromatic rings. The summed E-state index contributed by atoms with van der Waals surface area (Å²) in [5, 5.41) is 0. The lowest BCUT2D eigenvalue weighted by molar-refractivity contribution is -0.146. The molecule has 2 atom stereocenters. The number of aromatic nitrogens is 1. The van der Waals surface area contributed by atoms with Gasteiger partial charge in [0.25, 0.3) is 0 Å². The van der Waals surface area contributed by atoms with Crippen LogP contribution in [-0.4, -0.2) is 48.8 Å². The quantitative estimate of drug-likeness (QED) is 0.195. The molecule has 0 saturated heterocycles. The Morgan fingerprint density at radius 1 is 0.878 bits per heavy atom. The van der Waals surface area contributed by atoms with Gasteiger partial charge in [-0.15, -0.1) is 0 Å². The molecule has 0 radical (unpaired) electrons. The van der Waals surface area contributed by atoms with E-state index in [1.807, 2.05) is 68.4 Å². The van der Waals surface area contributed by atoms with Gasteiger partial charge in [0, 0.05) is 12.0 Å². The van der Waals surface area contributed by atoms with E-state index in [4.69, 9.17) is 23.4 Å². The fourth-order valence-electron chi connectivity index (χ4n) is 4.37. The van der Waals surface area contributed by atoms with Crippen LogP contribution in [0.3, 0.4) is 0 Å². The minimum Gasteiger partial charge on any atom is -0.497 e. The first kappa shape index (κ1) is 29.2. The van der Waals surface area contributed by atoms with Crippen LogP contribution in [0.2, 0.25) is 0 Å². The maximum Gasteiger partial charge on any atom is 0.416 e. The van der Waals surface area contributed by atoms with E-state index in [9.17, 15) is 9.59 Å². The molecule has 2 unspecified atom stereocenters. The number of oxazole rings is 1. The third-order valence-electron chi connectivity index (χ3n) is 6.74. The number of amides is 1. The van der Waals surface area contributed by atoms with Crippen LogP contribution in [0.1, 0.15) is 36.9 Å². The average molecular weight is 559 g/mol. The Balaban J connectivity index is 1.40. The van der Waals surface area contributed by atoms with Crippen LogP contribution in [0.15, 0.2) is 83.3 Å². The lowest BCUT2D eigenvalue weighted by Crippen LogP contribution is -2.46. The molecular weight excluding hydrogens is 524 g/mol. The number of carbonyl (C=O) groups excluding carboxylic acids is 2. The van der Waals surface area contributed by atoms with Crippen molar-refractivity contribution >= 4 is 12.1 Å². The van der Waals surface area contributed by atoms with Gasteiger partial charge in [-0.05, 0) is 74.9 Å². The van der Waals surface area contributed by atoms with Crippen LogP contribution in [-0.2, 0) is 16.0 Å². The second kappa shape index (κ2) is 13.5. The molecule has 1 aromatic heterocycles. The Morgan fingerprint density at radius 3 is 2.15 bits per heavy atom. The van der Waals surface area contributed by atoms with Crippen LogP contribution in [0, 0.1) is 6.92 Å². The van der Waals surface area contributed by atoms with E-state index in [0.29, 0.717) is 36.2 Å². The second-order valence-corrected chi connectivity index (χ2v) is 9.38. The van der Waals surface area contributed by atoms with E-state index in [1.165, 1.54) is 12.0 Å². The van der Waals surface area contributed by atoms with Gasteiger partial charge in [-0.3, -0.25) is 4.90 Å². The van der Waals surface area contributed by atoms with Crippen molar-refractivity contribution in [3.8, 4) is 28.7 Å². The molecule has 9 nitrogen and oxygen atoms in total. The third kappa shape index (κ3) is 7.25. The number of hydrogen-bond donors (Lipinski definition) is 0. The highest BCUT2D eigenvalue weighted by Crippen LogP contribution is 2.28. The number of esters is 1. The van der Waals surface area contributed by atoms with Crippen molar-refractivity contribution in [3.05, 3.63) is 95.9 Å². The Bertz CT molecular complexity index is 1430. The Morgan fingerprint density at radius 2 is 1.51 bits per heavy atom. The largest absolute Gasteiger partial charge is 0.497 e. The van der Waals surface area contributed by atoms with Gasteiger partial charge < -0.3 is 23.4 Å². The van der Waals surface area contributed by atoms with Crippen molar-refractivity contribution in [2.75, 3.05) is 20.8 Å². The summed E-state index contributed by atoms with van der Waals surface area (Å²) < 4.78 is 27.4. The number of hydrogen-bond acceptors (Lipinski definition) is 8. The number of aryl methyl sites for hydroxylation is 1. The molecule has 0 bridgehead atoms. The molecule has 1 amide bonds. The summed E-state index contributed by atoms with van der Waals surface area (Å²) in [7, 11) is 2.84. The molecule has 0 fully saturated rings. The summed E-state index contributed by atoms with van der Waals surface area (Å²) in [6.07, 6.45) is -0.0965. The van der Waals surface area contributed by atoms with Crippen molar-refractivity contribution in [1.29, 1.82) is 0 Å². The normalized spacial score (nSPS) is 12.2. The summed E-state index contributed by atoms with van der Waals surface area (Å²) >= 11 is 0. The van der Waals surface area contributed by atoms with Crippen LogP contribution in [0.4, 0.5) is 4.79 Å². The molecule has 0 aliphatic carbocycles. The number of ether oxygens (including phenoxy) is 4. The average Bonchev–Trinajstić information content (AvgIpc) is 3.38. The van der Waals surface area contributed by atoms with Crippen LogP contribution in [0.25, 0.3) is 11.5 Å². The maximum absolute atomic E-state index is 13.2. The minimum absolute atomic E-state index is 0.326. The predicted octanol–water partition coefficient (Wildman–Crippen LogP) is 6.40. The van der Waals surface area contributed by atoms with Gasteiger partial charge in [0.15, 0.2) is 0 Å². The van der Waals surface area contributed by atoms with Crippen molar-refractivity contribution in [2.45, 2.75) is 39.3 Å². The Hall–Kier alpha value is -4.79. The van der Waals surface area contributed by atoms with E-state index >= 15 is 0 Å². The van der Waals surface area contributed by atoms with Gasteiger partial charge in [0.1, 0.15) is 29.1 Å². The fourth-order valence-corrected chi connectivity index (χ4v) is 4.37. The summed E-state index contributed by atoms with van der Waals surface area (Å²) in [5.41, 5.74) is 2.56.